The third-order valence-electron chi connectivity index (χ3n) is 3.42. The summed E-state index contributed by atoms with van der Waals surface area (Å²) in [5.74, 6) is 1.50. The van der Waals surface area contributed by atoms with Crippen LogP contribution >= 0.6 is 0 Å². The summed E-state index contributed by atoms with van der Waals surface area (Å²) in [6.45, 7) is 3.51. The van der Waals surface area contributed by atoms with Crippen molar-refractivity contribution in [3.63, 3.8) is 0 Å². The molecule has 0 radical (unpaired) electrons. The van der Waals surface area contributed by atoms with Gasteiger partial charge < -0.3 is 15.8 Å². The van der Waals surface area contributed by atoms with Gasteiger partial charge in [0, 0.05) is 13.0 Å². The highest BCUT2D eigenvalue weighted by molar-refractivity contribution is 5.75. The van der Waals surface area contributed by atoms with Gasteiger partial charge in [0.2, 0.25) is 5.91 Å². The lowest BCUT2D eigenvalue weighted by molar-refractivity contribution is -0.121. The van der Waals surface area contributed by atoms with E-state index in [1.54, 1.807) is 7.11 Å². The largest absolute Gasteiger partial charge is 0.497 e. The molecule has 0 aliphatic rings. The van der Waals surface area contributed by atoms with E-state index in [4.69, 9.17) is 10.5 Å². The summed E-state index contributed by atoms with van der Waals surface area (Å²) in [5, 5.41) is 2.96. The first-order valence-corrected chi connectivity index (χ1v) is 7.25. The van der Waals surface area contributed by atoms with E-state index in [0.717, 1.165) is 25.0 Å². The van der Waals surface area contributed by atoms with E-state index in [1.807, 2.05) is 24.3 Å². The zero-order valence-electron chi connectivity index (χ0n) is 12.5. The van der Waals surface area contributed by atoms with Crippen molar-refractivity contribution in [1.82, 2.24) is 5.32 Å². The molecule has 1 atom stereocenters. The predicted octanol–water partition coefficient (Wildman–Crippen LogP) is 2.12. The van der Waals surface area contributed by atoms with Crippen LogP contribution in [0.25, 0.3) is 0 Å². The lowest BCUT2D eigenvalue weighted by Gasteiger charge is -2.10. The van der Waals surface area contributed by atoms with Crippen LogP contribution in [0, 0.1) is 5.92 Å². The van der Waals surface area contributed by atoms with Crippen LogP contribution in [0.5, 0.6) is 5.75 Å². The monoisotopic (exact) mass is 278 g/mol. The molecule has 1 unspecified atom stereocenters. The Morgan fingerprint density at radius 2 is 2.00 bits per heavy atom. The van der Waals surface area contributed by atoms with Gasteiger partial charge in [0.15, 0.2) is 0 Å². The van der Waals surface area contributed by atoms with Gasteiger partial charge in [-0.2, -0.15) is 0 Å². The topological polar surface area (TPSA) is 64.3 Å². The molecule has 112 valence electrons. The number of methoxy groups -OCH3 is 1. The van der Waals surface area contributed by atoms with Gasteiger partial charge in [0.05, 0.1) is 7.11 Å². The number of carbonyl (C=O) groups is 1. The third kappa shape index (κ3) is 6.57. The molecule has 0 heterocycles. The summed E-state index contributed by atoms with van der Waals surface area (Å²) in [4.78, 5) is 11.7. The molecule has 0 saturated heterocycles. The second-order valence-electron chi connectivity index (χ2n) is 5.17. The third-order valence-corrected chi connectivity index (χ3v) is 3.42. The molecule has 4 nitrogen and oxygen atoms in total. The van der Waals surface area contributed by atoms with Crippen LogP contribution in [-0.4, -0.2) is 26.1 Å². The highest BCUT2D eigenvalue weighted by Gasteiger charge is 2.05. The van der Waals surface area contributed by atoms with Gasteiger partial charge in [0.25, 0.3) is 0 Å². The molecule has 4 heteroatoms. The second-order valence-corrected chi connectivity index (χ2v) is 5.17. The van der Waals surface area contributed by atoms with Gasteiger partial charge in [-0.3, -0.25) is 4.79 Å². The van der Waals surface area contributed by atoms with Gasteiger partial charge >= 0.3 is 0 Å². The molecule has 1 rings (SSSR count). The molecule has 1 aromatic carbocycles. The molecule has 1 amide bonds. The Morgan fingerprint density at radius 3 is 2.60 bits per heavy atom. The van der Waals surface area contributed by atoms with Gasteiger partial charge in [0.1, 0.15) is 5.75 Å². The first-order valence-electron chi connectivity index (χ1n) is 7.25. The van der Waals surface area contributed by atoms with Gasteiger partial charge in [-0.15, -0.1) is 0 Å². The SMILES string of the molecule is COc1ccc(CCNC(=O)CCC(C)CCN)cc1. The van der Waals surface area contributed by atoms with Crippen molar-refractivity contribution in [2.24, 2.45) is 11.7 Å². The molecule has 1 aromatic rings. The molecular formula is C16H26N2O2. The van der Waals surface area contributed by atoms with Crippen molar-refractivity contribution < 1.29 is 9.53 Å². The van der Waals surface area contributed by atoms with E-state index in [-0.39, 0.29) is 5.91 Å². The summed E-state index contributed by atoms with van der Waals surface area (Å²) in [6.07, 6.45) is 3.32. The average Bonchev–Trinajstić information content (AvgIpc) is 2.46. The molecule has 0 aromatic heterocycles. The molecule has 3 N–H and O–H groups in total. The molecular weight excluding hydrogens is 252 g/mol. The van der Waals surface area contributed by atoms with E-state index in [0.29, 0.717) is 25.4 Å². The van der Waals surface area contributed by atoms with E-state index in [9.17, 15) is 4.79 Å². The number of amides is 1. The number of rotatable bonds is 9. The molecule has 0 bridgehead atoms. The van der Waals surface area contributed by atoms with Crippen LogP contribution in [0.2, 0.25) is 0 Å². The Bertz CT molecular complexity index is 390. The number of ether oxygens (including phenoxy) is 1. The normalized spacial score (nSPS) is 11.9. The Kier molecular flexibility index (Phi) is 7.73. The number of carbonyl (C=O) groups excluding carboxylic acids is 1. The van der Waals surface area contributed by atoms with Crippen LogP contribution < -0.4 is 15.8 Å². The number of nitrogens with one attached hydrogen (secondary N) is 1. The molecule has 20 heavy (non-hydrogen) atoms. The average molecular weight is 278 g/mol. The first kappa shape index (κ1) is 16.5. The molecule has 0 fully saturated rings. The number of hydrogen-bond acceptors (Lipinski definition) is 3. The Morgan fingerprint density at radius 1 is 1.30 bits per heavy atom. The summed E-state index contributed by atoms with van der Waals surface area (Å²) < 4.78 is 5.11. The van der Waals surface area contributed by atoms with Crippen molar-refractivity contribution in [3.05, 3.63) is 29.8 Å². The maximum absolute atomic E-state index is 11.7. The van der Waals surface area contributed by atoms with Crippen LogP contribution in [-0.2, 0) is 11.2 Å². The zero-order valence-corrected chi connectivity index (χ0v) is 12.5. The van der Waals surface area contributed by atoms with Crippen molar-refractivity contribution in [2.75, 3.05) is 20.2 Å². The minimum absolute atomic E-state index is 0.127. The summed E-state index contributed by atoms with van der Waals surface area (Å²) in [5.41, 5.74) is 6.69. The van der Waals surface area contributed by atoms with Crippen LogP contribution in [0.4, 0.5) is 0 Å². The number of nitrogens with two attached hydrogens (primary N) is 1. The maximum atomic E-state index is 11.7. The standard InChI is InChI=1S/C16H26N2O2/c1-13(9-11-17)3-8-16(19)18-12-10-14-4-6-15(20-2)7-5-14/h4-7,13H,3,8-12,17H2,1-2H3,(H,18,19). The smallest absolute Gasteiger partial charge is 0.220 e. The lowest BCUT2D eigenvalue weighted by atomic mass is 10.0. The van der Waals surface area contributed by atoms with E-state index >= 15 is 0 Å². The molecule has 0 saturated carbocycles. The fraction of sp³-hybridized carbons (Fsp3) is 0.562. The zero-order chi connectivity index (χ0) is 14.8. The van der Waals surface area contributed by atoms with Crippen molar-refractivity contribution in [1.29, 1.82) is 0 Å². The fourth-order valence-electron chi connectivity index (χ4n) is 2.03. The minimum atomic E-state index is 0.127. The van der Waals surface area contributed by atoms with Crippen LogP contribution in [0.15, 0.2) is 24.3 Å². The summed E-state index contributed by atoms with van der Waals surface area (Å²) >= 11 is 0. The van der Waals surface area contributed by atoms with Crippen LogP contribution in [0.1, 0.15) is 31.7 Å². The van der Waals surface area contributed by atoms with E-state index in [1.165, 1.54) is 5.56 Å². The quantitative estimate of drug-likeness (QED) is 0.727. The Labute approximate surface area is 121 Å². The summed E-state index contributed by atoms with van der Waals surface area (Å²) in [6, 6.07) is 7.92. The van der Waals surface area contributed by atoms with Crippen molar-refractivity contribution >= 4 is 5.91 Å². The number of hydrogen-bond donors (Lipinski definition) is 2. The van der Waals surface area contributed by atoms with Gasteiger partial charge in [-0.1, -0.05) is 19.1 Å². The van der Waals surface area contributed by atoms with Crippen molar-refractivity contribution in [2.45, 2.75) is 32.6 Å². The minimum Gasteiger partial charge on any atom is -0.497 e. The Hall–Kier alpha value is -1.55. The molecule has 0 aliphatic heterocycles. The predicted molar refractivity (Wildman–Crippen MR) is 81.8 cm³/mol. The molecule has 0 aliphatic carbocycles. The highest BCUT2D eigenvalue weighted by atomic mass is 16.5. The fourth-order valence-corrected chi connectivity index (χ4v) is 2.03. The van der Waals surface area contributed by atoms with Crippen LogP contribution in [0.3, 0.4) is 0 Å². The molecule has 0 spiro atoms. The Balaban J connectivity index is 2.17. The first-order chi connectivity index (χ1) is 9.65. The van der Waals surface area contributed by atoms with Gasteiger partial charge in [-0.05, 0) is 49.4 Å². The summed E-state index contributed by atoms with van der Waals surface area (Å²) in [7, 11) is 1.65. The van der Waals surface area contributed by atoms with Gasteiger partial charge in [-0.25, -0.2) is 0 Å². The number of benzene rings is 1. The van der Waals surface area contributed by atoms with E-state index in [2.05, 4.69) is 12.2 Å². The maximum Gasteiger partial charge on any atom is 0.220 e. The van der Waals surface area contributed by atoms with E-state index < -0.39 is 0 Å². The second kappa shape index (κ2) is 9.37. The lowest BCUT2D eigenvalue weighted by Crippen LogP contribution is -2.26. The van der Waals surface area contributed by atoms with Crippen molar-refractivity contribution in [3.8, 4) is 5.75 Å². The highest BCUT2D eigenvalue weighted by Crippen LogP contribution is 2.11.